The van der Waals surface area contributed by atoms with Gasteiger partial charge in [-0.1, -0.05) is 0 Å². The zero-order valence-electron chi connectivity index (χ0n) is 10.8. The van der Waals surface area contributed by atoms with Crippen LogP contribution in [0.4, 0.5) is 0 Å². The molecule has 1 saturated heterocycles. The van der Waals surface area contributed by atoms with E-state index in [4.69, 9.17) is 4.74 Å². The van der Waals surface area contributed by atoms with Gasteiger partial charge in [0.05, 0.1) is 18.2 Å². The van der Waals surface area contributed by atoms with Crippen LogP contribution in [-0.2, 0) is 15.1 Å². The van der Waals surface area contributed by atoms with E-state index in [0.29, 0.717) is 6.61 Å². The van der Waals surface area contributed by atoms with Gasteiger partial charge in [0.2, 0.25) is 5.91 Å². The fraction of sp³-hybridized carbons (Fsp3) is 0.692. The summed E-state index contributed by atoms with van der Waals surface area (Å²) in [6, 6.07) is 1.98. The van der Waals surface area contributed by atoms with Crippen molar-refractivity contribution in [2.24, 2.45) is 0 Å². The number of hydrogen-bond acceptors (Lipinski definition) is 3. The van der Waals surface area contributed by atoms with Crippen molar-refractivity contribution in [2.45, 2.75) is 50.3 Å². The molecule has 2 fully saturated rings. The normalized spacial score (nSPS) is 28.0. The topological polar surface area (TPSA) is 56.2 Å². The quantitative estimate of drug-likeness (QED) is 0.871. The van der Waals surface area contributed by atoms with Crippen molar-refractivity contribution < 1.29 is 9.53 Å². The van der Waals surface area contributed by atoms with Crippen LogP contribution in [0.15, 0.2) is 18.5 Å². The summed E-state index contributed by atoms with van der Waals surface area (Å²) in [4.78, 5) is 12.4. The molecular formula is C13H19N3O2. The molecule has 5 heteroatoms. The van der Waals surface area contributed by atoms with Crippen molar-refractivity contribution in [1.29, 1.82) is 0 Å². The molecule has 1 N–H and O–H groups in total. The molecule has 0 aromatic carbocycles. The zero-order chi connectivity index (χ0) is 12.8. The summed E-state index contributed by atoms with van der Waals surface area (Å²) in [6.07, 6.45) is 6.19. The summed E-state index contributed by atoms with van der Waals surface area (Å²) in [5.41, 5.74) is -0.559. The summed E-state index contributed by atoms with van der Waals surface area (Å²) >= 11 is 0. The Balaban J connectivity index is 1.66. The molecule has 2 heterocycles. The Morgan fingerprint density at radius 2 is 2.28 bits per heavy atom. The predicted octanol–water partition coefficient (Wildman–Crippen LogP) is 1.06. The molecular weight excluding hydrogens is 230 g/mol. The standard InChI is InChI=1S/C13H19N3O2/c1-12(2)8-10(9-18-12)15-11(17)13(4-5-13)16-7-3-6-14-16/h3,6-7,10H,4-5,8-9H2,1-2H3,(H,15,17). The van der Waals surface area contributed by atoms with Gasteiger partial charge >= 0.3 is 0 Å². The number of ether oxygens (including phenoxy) is 1. The first-order valence-electron chi connectivity index (χ1n) is 6.47. The second kappa shape index (κ2) is 3.82. The van der Waals surface area contributed by atoms with Gasteiger partial charge in [-0.15, -0.1) is 0 Å². The molecule has 1 aromatic rings. The first-order valence-corrected chi connectivity index (χ1v) is 6.47. The lowest BCUT2D eigenvalue weighted by molar-refractivity contribution is -0.126. The highest BCUT2D eigenvalue weighted by atomic mass is 16.5. The van der Waals surface area contributed by atoms with Crippen molar-refractivity contribution in [3.63, 3.8) is 0 Å². The van der Waals surface area contributed by atoms with Gasteiger partial charge in [-0.25, -0.2) is 0 Å². The molecule has 1 atom stereocenters. The molecule has 1 aromatic heterocycles. The maximum absolute atomic E-state index is 12.4. The molecule has 1 unspecified atom stereocenters. The lowest BCUT2D eigenvalue weighted by Gasteiger charge is -2.19. The third-order valence-electron chi connectivity index (χ3n) is 3.84. The van der Waals surface area contributed by atoms with Crippen molar-refractivity contribution >= 4 is 5.91 Å². The number of nitrogens with one attached hydrogen (secondary N) is 1. The Hall–Kier alpha value is -1.36. The highest BCUT2D eigenvalue weighted by molar-refractivity contribution is 5.87. The van der Waals surface area contributed by atoms with Gasteiger partial charge in [-0.2, -0.15) is 5.10 Å². The third kappa shape index (κ3) is 1.92. The van der Waals surface area contributed by atoms with E-state index in [1.54, 1.807) is 10.9 Å². The van der Waals surface area contributed by atoms with Crippen molar-refractivity contribution in [3.05, 3.63) is 18.5 Å². The zero-order valence-corrected chi connectivity index (χ0v) is 10.8. The fourth-order valence-corrected chi connectivity index (χ4v) is 2.65. The Labute approximate surface area is 107 Å². The first kappa shape index (κ1) is 11.7. The van der Waals surface area contributed by atoms with E-state index < -0.39 is 5.54 Å². The minimum atomic E-state index is -0.434. The summed E-state index contributed by atoms with van der Waals surface area (Å²) in [5.74, 6) is 0.0810. The monoisotopic (exact) mass is 249 g/mol. The van der Waals surface area contributed by atoms with Crippen LogP contribution >= 0.6 is 0 Å². The van der Waals surface area contributed by atoms with E-state index in [2.05, 4.69) is 24.3 Å². The Kier molecular flexibility index (Phi) is 2.48. The number of rotatable bonds is 3. The average Bonchev–Trinajstić information content (AvgIpc) is 2.78. The van der Waals surface area contributed by atoms with Crippen LogP contribution < -0.4 is 5.32 Å². The molecule has 0 bridgehead atoms. The van der Waals surface area contributed by atoms with E-state index >= 15 is 0 Å². The minimum Gasteiger partial charge on any atom is -0.373 e. The molecule has 1 saturated carbocycles. The Morgan fingerprint density at radius 3 is 2.78 bits per heavy atom. The van der Waals surface area contributed by atoms with E-state index in [9.17, 15) is 4.79 Å². The molecule has 2 aliphatic rings. The van der Waals surface area contributed by atoms with Crippen molar-refractivity contribution in [2.75, 3.05) is 6.61 Å². The molecule has 0 radical (unpaired) electrons. The van der Waals surface area contributed by atoms with Crippen LogP contribution in [0, 0.1) is 0 Å². The van der Waals surface area contributed by atoms with Crippen LogP contribution in [0.2, 0.25) is 0 Å². The number of carbonyl (C=O) groups is 1. The summed E-state index contributed by atoms with van der Waals surface area (Å²) in [6.45, 7) is 4.72. The molecule has 1 amide bonds. The first-order chi connectivity index (χ1) is 8.52. The number of amides is 1. The van der Waals surface area contributed by atoms with Gasteiger partial charge < -0.3 is 10.1 Å². The maximum atomic E-state index is 12.4. The average molecular weight is 249 g/mol. The van der Waals surface area contributed by atoms with Crippen molar-refractivity contribution in [3.8, 4) is 0 Å². The van der Waals surface area contributed by atoms with Crippen LogP contribution in [-0.4, -0.2) is 33.9 Å². The second-order valence-electron chi connectivity index (χ2n) is 5.93. The molecule has 3 rings (SSSR count). The van der Waals surface area contributed by atoms with Gasteiger partial charge in [0, 0.05) is 12.4 Å². The van der Waals surface area contributed by atoms with Crippen LogP contribution in [0.3, 0.4) is 0 Å². The third-order valence-corrected chi connectivity index (χ3v) is 3.84. The highest BCUT2D eigenvalue weighted by Crippen LogP contribution is 2.43. The fourth-order valence-electron chi connectivity index (χ4n) is 2.65. The van der Waals surface area contributed by atoms with Gasteiger partial charge in [0.1, 0.15) is 5.54 Å². The second-order valence-corrected chi connectivity index (χ2v) is 5.93. The molecule has 98 valence electrons. The van der Waals surface area contributed by atoms with Gasteiger partial charge in [-0.05, 0) is 39.2 Å². The Bertz CT molecular complexity index is 449. The molecule has 0 spiro atoms. The lowest BCUT2D eigenvalue weighted by atomic mass is 10.0. The van der Waals surface area contributed by atoms with Gasteiger partial charge in [0.15, 0.2) is 0 Å². The van der Waals surface area contributed by atoms with Crippen LogP contribution in [0.1, 0.15) is 33.1 Å². The van der Waals surface area contributed by atoms with Crippen molar-refractivity contribution in [1.82, 2.24) is 15.1 Å². The Morgan fingerprint density at radius 1 is 1.50 bits per heavy atom. The van der Waals surface area contributed by atoms with Gasteiger partial charge in [0.25, 0.3) is 0 Å². The highest BCUT2D eigenvalue weighted by Gasteiger charge is 2.53. The van der Waals surface area contributed by atoms with E-state index in [-0.39, 0.29) is 17.6 Å². The molecule has 5 nitrogen and oxygen atoms in total. The smallest absolute Gasteiger partial charge is 0.248 e. The summed E-state index contributed by atoms with van der Waals surface area (Å²) < 4.78 is 7.42. The number of nitrogens with zero attached hydrogens (tertiary/aromatic N) is 2. The summed E-state index contributed by atoms with van der Waals surface area (Å²) in [5, 5.41) is 7.30. The molecule has 18 heavy (non-hydrogen) atoms. The number of aromatic nitrogens is 2. The van der Waals surface area contributed by atoms with Crippen LogP contribution in [0.25, 0.3) is 0 Å². The van der Waals surface area contributed by atoms with Gasteiger partial charge in [-0.3, -0.25) is 9.48 Å². The van der Waals surface area contributed by atoms with Crippen LogP contribution in [0.5, 0.6) is 0 Å². The lowest BCUT2D eigenvalue weighted by Crippen LogP contribution is -2.44. The SMILES string of the molecule is CC1(C)CC(NC(=O)C2(n3cccn3)CC2)CO1. The molecule has 1 aliphatic carbocycles. The minimum absolute atomic E-state index is 0.0810. The largest absolute Gasteiger partial charge is 0.373 e. The predicted molar refractivity (Wildman–Crippen MR) is 66.0 cm³/mol. The van der Waals surface area contributed by atoms with E-state index in [0.717, 1.165) is 19.3 Å². The number of hydrogen-bond donors (Lipinski definition) is 1. The molecule has 1 aliphatic heterocycles. The maximum Gasteiger partial charge on any atom is 0.248 e. The number of carbonyl (C=O) groups excluding carboxylic acids is 1. The summed E-state index contributed by atoms with van der Waals surface area (Å²) in [7, 11) is 0. The van der Waals surface area contributed by atoms with E-state index in [1.807, 2.05) is 12.3 Å². The van der Waals surface area contributed by atoms with E-state index in [1.165, 1.54) is 0 Å².